The smallest absolute Gasteiger partial charge is 0.395 e. The summed E-state index contributed by atoms with van der Waals surface area (Å²) in [7, 11) is -8.08. The highest BCUT2D eigenvalue weighted by Crippen LogP contribution is 2.51. The van der Waals surface area contributed by atoms with Gasteiger partial charge in [-0.1, -0.05) is 433 Å². The zero-order valence-electron chi connectivity index (χ0n) is 69.2. The van der Waals surface area contributed by atoms with Crippen molar-refractivity contribution in [2.45, 2.75) is 398 Å². The molecule has 0 bridgehead atoms. The van der Waals surface area contributed by atoms with Crippen molar-refractivity contribution in [3.8, 4) is 23.0 Å². The molecular formula is C94H160O12P2. The molecule has 0 aliphatic heterocycles. The molecule has 0 N–H and O–H groups in total. The van der Waals surface area contributed by atoms with E-state index in [4.69, 9.17) is 46.1 Å². The molecule has 0 radical (unpaired) electrons. The maximum atomic E-state index is 14.1. The van der Waals surface area contributed by atoms with Crippen LogP contribution in [0.25, 0.3) is 0 Å². The summed E-state index contributed by atoms with van der Waals surface area (Å²) >= 11 is 0. The van der Waals surface area contributed by atoms with Gasteiger partial charge in [-0.3, -0.25) is 9.05 Å². The van der Waals surface area contributed by atoms with Crippen LogP contribution < -0.4 is 18.1 Å². The Hall–Kier alpha value is -3.70. The third-order valence-electron chi connectivity index (χ3n) is 20.8. The molecule has 0 aromatic heterocycles. The summed E-state index contributed by atoms with van der Waals surface area (Å²) < 4.78 is 89.0. The monoisotopic (exact) mass is 1540 g/mol. The zero-order valence-corrected chi connectivity index (χ0v) is 71.0. The van der Waals surface area contributed by atoms with Crippen molar-refractivity contribution in [1.82, 2.24) is 0 Å². The van der Waals surface area contributed by atoms with Gasteiger partial charge < -0.3 is 37.0 Å². The van der Waals surface area contributed by atoms with Crippen LogP contribution >= 0.6 is 15.6 Å². The molecule has 2 atom stereocenters. The fourth-order valence-corrected chi connectivity index (χ4v) is 16.6. The standard InChI is InChI=1S/C94H160O12P2/c1-3-5-7-9-11-13-15-17-37-41-45-49-53-69-81-97-85-93(87-101-107(95,103-89-73-61-57-62-74-89)104-90-75-63-58-64-76-90)99-83-71-55-51-47-43-39-35-33-31-29-27-25-23-21-19-20-22-24-26-28-30-32-34-36-40-44-48-52-56-72-84-100-94(86-98-82-70-54-50-46-42-38-18-16-14-12-10-8-6-4-2)88-102-108(96,105-91-77-65-59-66-78-91)106-92-79-67-60-68-80-92/h57-68,73-80,93-94H,3-56,69-72,81-88H2,1-2H3/t93-,94-/m0/s1. The van der Waals surface area contributed by atoms with E-state index in [-0.39, 0.29) is 25.4 Å². The second kappa shape index (κ2) is 72.3. The average Bonchev–Trinajstić information content (AvgIpc) is 0.853. The van der Waals surface area contributed by atoms with Crippen LogP contribution in [0.1, 0.15) is 386 Å². The van der Waals surface area contributed by atoms with Crippen LogP contribution in [-0.4, -0.2) is 65.1 Å². The summed E-state index contributed by atoms with van der Waals surface area (Å²) in [6.45, 7) is 7.98. The Kier molecular flexibility index (Phi) is 64.7. The maximum Gasteiger partial charge on any atom is 0.587 e. The molecule has 0 aliphatic carbocycles. The number of benzene rings is 4. The van der Waals surface area contributed by atoms with Gasteiger partial charge >= 0.3 is 15.6 Å². The van der Waals surface area contributed by atoms with E-state index >= 15 is 0 Å². The minimum absolute atomic E-state index is 0.0390. The number of hydrogen-bond donors (Lipinski definition) is 0. The van der Waals surface area contributed by atoms with Crippen LogP contribution in [-0.2, 0) is 37.1 Å². The molecule has 0 unspecified atom stereocenters. The first-order valence-electron chi connectivity index (χ1n) is 45.2. The Balaban J connectivity index is 0.928. The minimum atomic E-state index is -4.04. The first kappa shape index (κ1) is 96.7. The zero-order chi connectivity index (χ0) is 76.3. The third-order valence-corrected chi connectivity index (χ3v) is 23.5. The molecule has 12 nitrogen and oxygen atoms in total. The molecule has 0 saturated heterocycles. The largest absolute Gasteiger partial charge is 0.587 e. The summed E-state index contributed by atoms with van der Waals surface area (Å²) in [4.78, 5) is 0. The van der Waals surface area contributed by atoms with Gasteiger partial charge in [-0.15, -0.1) is 0 Å². The number of phosphoric acid groups is 2. The second-order valence-corrected chi connectivity index (χ2v) is 34.1. The molecule has 0 saturated carbocycles. The van der Waals surface area contributed by atoms with Crippen molar-refractivity contribution in [2.24, 2.45) is 0 Å². The van der Waals surface area contributed by atoms with Gasteiger partial charge in [-0.2, -0.15) is 0 Å². The third kappa shape index (κ3) is 59.1. The summed E-state index contributed by atoms with van der Waals surface area (Å²) in [6.07, 6.45) is 76.1. The topological polar surface area (TPSA) is 126 Å². The number of phosphoric ester groups is 2. The van der Waals surface area contributed by atoms with Crippen LogP contribution in [0, 0.1) is 0 Å². The second-order valence-electron chi connectivity index (χ2n) is 31.0. The molecule has 14 heteroatoms. The summed E-state index contributed by atoms with van der Waals surface area (Å²) in [5.41, 5.74) is 0. The molecule has 4 aromatic carbocycles. The first-order chi connectivity index (χ1) is 53.4. The molecule has 0 spiro atoms. The molecule has 0 fully saturated rings. The van der Waals surface area contributed by atoms with E-state index in [1.165, 1.54) is 334 Å². The highest BCUT2D eigenvalue weighted by Gasteiger charge is 2.34. The molecule has 618 valence electrons. The Morgan fingerprint density at radius 3 is 0.565 bits per heavy atom. The van der Waals surface area contributed by atoms with Crippen molar-refractivity contribution >= 4 is 15.6 Å². The van der Waals surface area contributed by atoms with Crippen LogP contribution in [0.5, 0.6) is 23.0 Å². The van der Waals surface area contributed by atoms with Crippen molar-refractivity contribution in [3.05, 3.63) is 121 Å². The summed E-state index contributed by atoms with van der Waals surface area (Å²) in [5.74, 6) is 1.67. The number of hydrogen-bond acceptors (Lipinski definition) is 12. The van der Waals surface area contributed by atoms with Crippen molar-refractivity contribution in [3.63, 3.8) is 0 Å². The molecule has 4 rings (SSSR count). The Labute approximate surface area is 662 Å². The Bertz CT molecular complexity index is 2320. The molecule has 0 heterocycles. The average molecular weight is 1540 g/mol. The lowest BCUT2D eigenvalue weighted by atomic mass is 10.0. The van der Waals surface area contributed by atoms with E-state index in [1.54, 1.807) is 48.5 Å². The van der Waals surface area contributed by atoms with Gasteiger partial charge in [0.15, 0.2) is 0 Å². The van der Waals surface area contributed by atoms with Crippen LogP contribution in [0.15, 0.2) is 121 Å². The van der Waals surface area contributed by atoms with Crippen LogP contribution in [0.4, 0.5) is 0 Å². The molecular weight excluding hydrogens is 1380 g/mol. The predicted molar refractivity (Wildman–Crippen MR) is 456 cm³/mol. The van der Waals surface area contributed by atoms with Gasteiger partial charge in [0.1, 0.15) is 35.2 Å². The van der Waals surface area contributed by atoms with E-state index in [2.05, 4.69) is 13.8 Å². The fraction of sp³-hybridized carbons (Fsp3) is 0.745. The Morgan fingerprint density at radius 1 is 0.213 bits per heavy atom. The SMILES string of the molecule is CCCCCCCCCCCCCCCCOC[C@@H](COP(=O)(Oc1ccccc1)Oc1ccccc1)OCCCCCCCCCCCCCCCCCCCCCCCCCCCCCCCCO[C@@H](COCCCCCCCCCCCCCCCC)COP(=O)(Oc1ccccc1)Oc1ccccc1. The predicted octanol–water partition coefficient (Wildman–Crippen LogP) is 31.0. The number of unbranched alkanes of at least 4 members (excludes halogenated alkanes) is 55. The highest BCUT2D eigenvalue weighted by atomic mass is 31.2. The number of rotatable bonds is 83. The first-order valence-corrected chi connectivity index (χ1v) is 48.2. The minimum Gasteiger partial charge on any atom is -0.395 e. The molecule has 108 heavy (non-hydrogen) atoms. The van der Waals surface area contributed by atoms with Gasteiger partial charge in [0.25, 0.3) is 0 Å². The number of para-hydroxylation sites is 4. The van der Waals surface area contributed by atoms with E-state index in [1.807, 2.05) is 72.8 Å². The van der Waals surface area contributed by atoms with Gasteiger partial charge in [-0.05, 0) is 74.2 Å². The maximum absolute atomic E-state index is 14.1. The van der Waals surface area contributed by atoms with Crippen molar-refractivity contribution in [2.75, 3.05) is 52.9 Å². The van der Waals surface area contributed by atoms with Gasteiger partial charge in [0.2, 0.25) is 0 Å². The van der Waals surface area contributed by atoms with Crippen LogP contribution in [0.2, 0.25) is 0 Å². The Morgan fingerprint density at radius 2 is 0.380 bits per heavy atom. The van der Waals surface area contributed by atoms with E-state index in [0.717, 1.165) is 38.5 Å². The quantitative estimate of drug-likeness (QED) is 0.0308. The normalized spacial score (nSPS) is 12.4. The lowest BCUT2D eigenvalue weighted by Gasteiger charge is -2.23. The molecule has 4 aromatic rings. The summed E-state index contributed by atoms with van der Waals surface area (Å²) in [6, 6.07) is 36.2. The van der Waals surface area contributed by atoms with E-state index < -0.39 is 15.6 Å². The highest BCUT2D eigenvalue weighted by molar-refractivity contribution is 7.49. The lowest BCUT2D eigenvalue weighted by Crippen LogP contribution is -2.27. The molecule has 0 aliphatic rings. The van der Waals surface area contributed by atoms with Gasteiger partial charge in [0.05, 0.1) is 26.4 Å². The van der Waals surface area contributed by atoms with Crippen molar-refractivity contribution < 1.29 is 55.2 Å². The summed E-state index contributed by atoms with van der Waals surface area (Å²) in [5, 5.41) is 0. The van der Waals surface area contributed by atoms with Gasteiger partial charge in [-0.25, -0.2) is 9.13 Å². The number of ether oxygens (including phenoxy) is 4. The van der Waals surface area contributed by atoms with Crippen molar-refractivity contribution in [1.29, 1.82) is 0 Å². The van der Waals surface area contributed by atoms with E-state index in [9.17, 15) is 9.13 Å². The fourth-order valence-electron chi connectivity index (χ4n) is 14.1. The van der Waals surface area contributed by atoms with Gasteiger partial charge in [0, 0.05) is 26.4 Å². The molecule has 0 amide bonds. The lowest BCUT2D eigenvalue weighted by molar-refractivity contribution is -0.0422. The van der Waals surface area contributed by atoms with Crippen LogP contribution in [0.3, 0.4) is 0 Å². The van der Waals surface area contributed by atoms with E-state index in [0.29, 0.717) is 62.6 Å².